The Balaban J connectivity index is 1.51. The number of nitrogens with one attached hydrogen (secondary N) is 1. The van der Waals surface area contributed by atoms with Gasteiger partial charge in [0.25, 0.3) is 0 Å². The lowest BCUT2D eigenvalue weighted by Crippen LogP contribution is -2.37. The maximum absolute atomic E-state index is 12.5. The van der Waals surface area contributed by atoms with E-state index in [2.05, 4.69) is 10.2 Å². The van der Waals surface area contributed by atoms with E-state index in [0.29, 0.717) is 13.1 Å². The molecule has 26 heavy (non-hydrogen) atoms. The van der Waals surface area contributed by atoms with Crippen molar-refractivity contribution in [2.45, 2.75) is 13.3 Å². The molecule has 5 nitrogen and oxygen atoms in total. The number of hydrogen-bond acceptors (Lipinski definition) is 3. The largest absolute Gasteiger partial charge is 0.373 e. The first kappa shape index (κ1) is 18.0. The first-order chi connectivity index (χ1) is 12.6. The summed E-state index contributed by atoms with van der Waals surface area (Å²) in [7, 11) is 2.00. The lowest BCUT2D eigenvalue weighted by atomic mass is 10.1. The van der Waals surface area contributed by atoms with Crippen LogP contribution in [-0.4, -0.2) is 38.5 Å². The van der Waals surface area contributed by atoms with Crippen LogP contribution in [-0.2, 0) is 9.59 Å². The van der Waals surface area contributed by atoms with Crippen molar-refractivity contribution >= 4 is 23.2 Å². The molecule has 0 saturated carbocycles. The number of anilines is 2. The summed E-state index contributed by atoms with van der Waals surface area (Å²) in [4.78, 5) is 28.6. The summed E-state index contributed by atoms with van der Waals surface area (Å²) in [6.07, 6.45) is 0.273. The van der Waals surface area contributed by atoms with Crippen LogP contribution in [0, 0.1) is 12.8 Å². The van der Waals surface area contributed by atoms with Crippen molar-refractivity contribution in [1.29, 1.82) is 0 Å². The second-order valence-electron chi connectivity index (χ2n) is 6.74. The summed E-state index contributed by atoms with van der Waals surface area (Å²) in [5, 5.41) is 2.97. The fourth-order valence-electron chi connectivity index (χ4n) is 3.29. The Hall–Kier alpha value is -2.82. The van der Waals surface area contributed by atoms with Gasteiger partial charge >= 0.3 is 0 Å². The highest BCUT2D eigenvalue weighted by atomic mass is 16.2. The Kier molecular flexibility index (Phi) is 5.56. The van der Waals surface area contributed by atoms with Gasteiger partial charge in [-0.25, -0.2) is 0 Å². The average Bonchev–Trinajstić information content (AvgIpc) is 3.04. The Bertz CT molecular complexity index is 776. The number of para-hydroxylation sites is 2. The molecule has 0 aromatic heterocycles. The Morgan fingerprint density at radius 3 is 2.58 bits per heavy atom. The molecule has 1 saturated heterocycles. The molecular formula is C21H25N3O2. The Labute approximate surface area is 154 Å². The molecule has 0 radical (unpaired) electrons. The van der Waals surface area contributed by atoms with Crippen molar-refractivity contribution in [3.8, 4) is 0 Å². The van der Waals surface area contributed by atoms with E-state index in [9.17, 15) is 9.59 Å². The van der Waals surface area contributed by atoms with E-state index >= 15 is 0 Å². The van der Waals surface area contributed by atoms with E-state index in [4.69, 9.17) is 0 Å². The Morgan fingerprint density at radius 1 is 1.15 bits per heavy atom. The number of rotatable bonds is 6. The molecule has 2 amide bonds. The predicted octanol–water partition coefficient (Wildman–Crippen LogP) is 2.60. The van der Waals surface area contributed by atoms with Crippen molar-refractivity contribution in [2.24, 2.45) is 5.92 Å². The van der Waals surface area contributed by atoms with Crippen LogP contribution < -0.4 is 15.1 Å². The predicted molar refractivity (Wildman–Crippen MR) is 104 cm³/mol. The van der Waals surface area contributed by atoms with Gasteiger partial charge in [0.1, 0.15) is 0 Å². The van der Waals surface area contributed by atoms with Crippen molar-refractivity contribution in [3.05, 3.63) is 60.2 Å². The zero-order chi connectivity index (χ0) is 18.5. The number of carbonyl (C=O) groups is 2. The minimum Gasteiger partial charge on any atom is -0.373 e. The molecule has 1 N–H and O–H groups in total. The third kappa shape index (κ3) is 4.04. The fourth-order valence-corrected chi connectivity index (χ4v) is 3.29. The zero-order valence-electron chi connectivity index (χ0n) is 15.3. The van der Waals surface area contributed by atoms with Crippen LogP contribution in [0.3, 0.4) is 0 Å². The van der Waals surface area contributed by atoms with Gasteiger partial charge in [-0.2, -0.15) is 0 Å². The standard InChI is InChI=1S/C21H25N3O2/c1-16-8-6-7-11-19(16)24-15-17(14-20(24)25)21(26)22-12-13-23(2)18-9-4-3-5-10-18/h3-11,17H,12-15H2,1-2H3,(H,22,26). The van der Waals surface area contributed by atoms with Crippen molar-refractivity contribution in [2.75, 3.05) is 36.5 Å². The van der Waals surface area contributed by atoms with Crippen LogP contribution in [0.25, 0.3) is 0 Å². The van der Waals surface area contributed by atoms with Crippen molar-refractivity contribution in [1.82, 2.24) is 5.32 Å². The zero-order valence-corrected chi connectivity index (χ0v) is 15.3. The topological polar surface area (TPSA) is 52.7 Å². The second kappa shape index (κ2) is 8.04. The van der Waals surface area contributed by atoms with E-state index in [1.54, 1.807) is 4.90 Å². The highest BCUT2D eigenvalue weighted by Crippen LogP contribution is 2.27. The van der Waals surface area contributed by atoms with Crippen molar-refractivity contribution in [3.63, 3.8) is 0 Å². The number of carbonyl (C=O) groups excluding carboxylic acids is 2. The molecule has 3 rings (SSSR count). The molecule has 1 fully saturated rings. The fraction of sp³-hybridized carbons (Fsp3) is 0.333. The average molecular weight is 351 g/mol. The highest BCUT2D eigenvalue weighted by molar-refractivity contribution is 6.00. The molecule has 0 spiro atoms. The molecule has 1 aliphatic heterocycles. The summed E-state index contributed by atoms with van der Waals surface area (Å²) < 4.78 is 0. The molecule has 1 heterocycles. The van der Waals surface area contributed by atoms with E-state index in [1.807, 2.05) is 68.6 Å². The van der Waals surface area contributed by atoms with Gasteiger partial charge in [0, 0.05) is 44.5 Å². The molecule has 1 atom stereocenters. The van der Waals surface area contributed by atoms with Gasteiger partial charge in [-0.1, -0.05) is 36.4 Å². The summed E-state index contributed by atoms with van der Waals surface area (Å²) >= 11 is 0. The van der Waals surface area contributed by atoms with Crippen LogP contribution >= 0.6 is 0 Å². The van der Waals surface area contributed by atoms with Gasteiger partial charge in [0.05, 0.1) is 5.92 Å². The van der Waals surface area contributed by atoms with E-state index in [0.717, 1.165) is 23.5 Å². The molecule has 0 aliphatic carbocycles. The van der Waals surface area contributed by atoms with Crippen molar-refractivity contribution < 1.29 is 9.59 Å². The third-order valence-corrected chi connectivity index (χ3v) is 4.85. The molecule has 2 aromatic carbocycles. The Morgan fingerprint density at radius 2 is 1.85 bits per heavy atom. The lowest BCUT2D eigenvalue weighted by Gasteiger charge is -2.20. The van der Waals surface area contributed by atoms with Crippen LogP contribution in [0.1, 0.15) is 12.0 Å². The van der Waals surface area contributed by atoms with Gasteiger partial charge in [0.15, 0.2) is 0 Å². The lowest BCUT2D eigenvalue weighted by molar-refractivity contribution is -0.126. The number of likely N-dealkylation sites (N-methyl/N-ethyl adjacent to an activating group) is 1. The van der Waals surface area contributed by atoms with Crippen LogP contribution in [0.4, 0.5) is 11.4 Å². The quantitative estimate of drug-likeness (QED) is 0.870. The van der Waals surface area contributed by atoms with Crippen LogP contribution in [0.2, 0.25) is 0 Å². The van der Waals surface area contributed by atoms with Gasteiger partial charge in [0.2, 0.25) is 11.8 Å². The number of amides is 2. The maximum Gasteiger partial charge on any atom is 0.227 e. The molecule has 0 bridgehead atoms. The smallest absolute Gasteiger partial charge is 0.227 e. The molecule has 5 heteroatoms. The monoisotopic (exact) mass is 351 g/mol. The summed E-state index contributed by atoms with van der Waals surface area (Å²) in [6.45, 7) is 3.71. The molecule has 1 unspecified atom stereocenters. The third-order valence-electron chi connectivity index (χ3n) is 4.85. The molecular weight excluding hydrogens is 326 g/mol. The van der Waals surface area contributed by atoms with Crippen LogP contribution in [0.5, 0.6) is 0 Å². The number of benzene rings is 2. The normalized spacial score (nSPS) is 16.6. The molecule has 1 aliphatic rings. The van der Waals surface area contributed by atoms with Gasteiger partial charge < -0.3 is 15.1 Å². The van der Waals surface area contributed by atoms with Gasteiger partial charge in [-0.05, 0) is 30.7 Å². The number of hydrogen-bond donors (Lipinski definition) is 1. The van der Waals surface area contributed by atoms with Crippen LogP contribution in [0.15, 0.2) is 54.6 Å². The molecule has 136 valence electrons. The molecule has 2 aromatic rings. The second-order valence-corrected chi connectivity index (χ2v) is 6.74. The van der Waals surface area contributed by atoms with Gasteiger partial charge in [-0.15, -0.1) is 0 Å². The van der Waals surface area contributed by atoms with E-state index in [1.165, 1.54) is 0 Å². The minimum absolute atomic E-state index is 0.0147. The summed E-state index contributed by atoms with van der Waals surface area (Å²) in [5.74, 6) is -0.319. The number of nitrogens with zero attached hydrogens (tertiary/aromatic N) is 2. The van der Waals surface area contributed by atoms with E-state index < -0.39 is 0 Å². The highest BCUT2D eigenvalue weighted by Gasteiger charge is 2.35. The van der Waals surface area contributed by atoms with E-state index in [-0.39, 0.29) is 24.2 Å². The summed E-state index contributed by atoms with van der Waals surface area (Å²) in [6, 6.07) is 17.8. The minimum atomic E-state index is -0.288. The first-order valence-corrected chi connectivity index (χ1v) is 8.96. The van der Waals surface area contributed by atoms with Gasteiger partial charge in [-0.3, -0.25) is 9.59 Å². The summed E-state index contributed by atoms with van der Waals surface area (Å²) in [5.41, 5.74) is 3.06. The first-order valence-electron chi connectivity index (χ1n) is 8.96. The SMILES string of the molecule is Cc1ccccc1N1CC(C(=O)NCCN(C)c2ccccc2)CC1=O. The maximum atomic E-state index is 12.5. The number of aryl methyl sites for hydroxylation is 1.